The molecule has 0 aromatic heterocycles. The van der Waals surface area contributed by atoms with Crippen molar-refractivity contribution in [1.29, 1.82) is 0 Å². The molecule has 5 nitrogen and oxygen atoms in total. The Morgan fingerprint density at radius 1 is 1.00 bits per heavy atom. The quantitative estimate of drug-likeness (QED) is 0.691. The third-order valence-electron chi connectivity index (χ3n) is 0.492. The summed E-state index contributed by atoms with van der Waals surface area (Å²) >= 11 is 0. The Bertz CT molecular complexity index is 290. The number of sulfone groups is 1. The van der Waals surface area contributed by atoms with Crippen molar-refractivity contribution < 1.29 is 16.8 Å². The largest absolute Gasteiger partial charge is 0.231 e. The zero-order chi connectivity index (χ0) is 10.4. The Morgan fingerprint density at radius 3 is 1.42 bits per heavy atom. The Morgan fingerprint density at radius 2 is 1.33 bits per heavy atom. The molecule has 0 aromatic rings. The fourth-order valence-electron chi connectivity index (χ4n) is 0.178. The summed E-state index contributed by atoms with van der Waals surface area (Å²) in [5, 5.41) is 5.43. The molecule has 74 valence electrons. The zero-order valence-electron chi connectivity index (χ0n) is 7.18. The molecule has 7 heteroatoms. The van der Waals surface area contributed by atoms with Crippen molar-refractivity contribution in [3.05, 3.63) is 10.8 Å². The van der Waals surface area contributed by atoms with Crippen LogP contribution in [0.5, 0.6) is 0 Å². The second kappa shape index (κ2) is 5.28. The lowest BCUT2D eigenvalue weighted by Crippen LogP contribution is -2.07. The number of sulfonamides is 1. The third kappa shape index (κ3) is 16.3. The van der Waals surface area contributed by atoms with E-state index in [9.17, 15) is 16.8 Å². The van der Waals surface area contributed by atoms with Gasteiger partial charge in [-0.05, 0) is 0 Å². The van der Waals surface area contributed by atoms with Gasteiger partial charge in [0.25, 0.3) is 0 Å². The first-order valence-corrected chi connectivity index (χ1v) is 6.68. The summed E-state index contributed by atoms with van der Waals surface area (Å²) < 4.78 is 40.8. The number of rotatable bonds is 2. The maximum Gasteiger partial charge on any atom is 0.231 e. The third-order valence-corrected chi connectivity index (χ3v) is 1.81. The highest BCUT2D eigenvalue weighted by Gasteiger charge is 1.97. The normalized spacial score (nSPS) is 12.3. The van der Waals surface area contributed by atoms with Crippen LogP contribution >= 0.6 is 0 Å². The SMILES string of the molecule is CC.CS(=O)(=O)/C=C\S(N)(=O)=O. The molecule has 12 heavy (non-hydrogen) atoms. The smallest absolute Gasteiger partial charge is 0.225 e. The van der Waals surface area contributed by atoms with Gasteiger partial charge in [-0.3, -0.25) is 0 Å². The Hall–Kier alpha value is -0.400. The molecule has 0 aliphatic carbocycles. The van der Waals surface area contributed by atoms with Gasteiger partial charge in [-0.2, -0.15) is 0 Å². The van der Waals surface area contributed by atoms with Gasteiger partial charge in [-0.15, -0.1) is 0 Å². The van der Waals surface area contributed by atoms with Crippen LogP contribution in [0.25, 0.3) is 0 Å². The lowest BCUT2D eigenvalue weighted by Gasteiger charge is -1.84. The molecule has 0 spiro atoms. The molecular weight excluding hydrogens is 202 g/mol. The number of hydrogen-bond acceptors (Lipinski definition) is 4. The van der Waals surface area contributed by atoms with Crippen LogP contribution < -0.4 is 5.14 Å². The van der Waals surface area contributed by atoms with Crippen molar-refractivity contribution in [3.8, 4) is 0 Å². The van der Waals surface area contributed by atoms with Crippen LogP contribution in [-0.4, -0.2) is 23.1 Å². The predicted octanol–water partition coefficient (Wildman–Crippen LogP) is -0.183. The van der Waals surface area contributed by atoms with Crippen LogP contribution in [0.3, 0.4) is 0 Å². The van der Waals surface area contributed by atoms with Crippen molar-refractivity contribution in [2.24, 2.45) is 5.14 Å². The number of primary sulfonamides is 1. The molecular formula is C5H13NO4S2. The summed E-state index contributed by atoms with van der Waals surface area (Å²) in [5.74, 6) is 0. The summed E-state index contributed by atoms with van der Waals surface area (Å²) in [5.41, 5.74) is 0. The van der Waals surface area contributed by atoms with Crippen molar-refractivity contribution in [1.82, 2.24) is 0 Å². The van der Waals surface area contributed by atoms with Gasteiger partial charge in [-0.1, -0.05) is 13.8 Å². The maximum absolute atomic E-state index is 10.3. The molecule has 0 radical (unpaired) electrons. The van der Waals surface area contributed by atoms with E-state index in [0.29, 0.717) is 10.8 Å². The van der Waals surface area contributed by atoms with E-state index in [4.69, 9.17) is 0 Å². The molecule has 0 aromatic carbocycles. The second-order valence-electron chi connectivity index (χ2n) is 1.69. The van der Waals surface area contributed by atoms with Gasteiger partial charge in [0.1, 0.15) is 0 Å². The zero-order valence-corrected chi connectivity index (χ0v) is 8.81. The molecule has 0 aliphatic rings. The maximum atomic E-state index is 10.3. The van der Waals surface area contributed by atoms with Crippen molar-refractivity contribution in [2.75, 3.05) is 6.26 Å². The van der Waals surface area contributed by atoms with E-state index >= 15 is 0 Å². The highest BCUT2D eigenvalue weighted by atomic mass is 32.2. The van der Waals surface area contributed by atoms with E-state index in [1.807, 2.05) is 13.8 Å². The van der Waals surface area contributed by atoms with Crippen LogP contribution in [0, 0.1) is 0 Å². The van der Waals surface area contributed by atoms with Crippen molar-refractivity contribution >= 4 is 19.9 Å². The average Bonchev–Trinajstić information content (AvgIpc) is 1.86. The van der Waals surface area contributed by atoms with Gasteiger partial charge in [0.05, 0.1) is 5.41 Å². The molecule has 2 N–H and O–H groups in total. The standard InChI is InChI=1S/C3H7NO4S2.C2H6/c1-9(5,6)2-3-10(4,7)8;1-2/h2-3H,1H3,(H2,4,7,8);1-2H3/b3-2-;. The van der Waals surface area contributed by atoms with Crippen LogP contribution in [0.4, 0.5) is 0 Å². The summed E-state index contributed by atoms with van der Waals surface area (Å²) in [6, 6.07) is 0. The van der Waals surface area contributed by atoms with E-state index in [2.05, 4.69) is 5.14 Å². The van der Waals surface area contributed by atoms with Gasteiger partial charge in [0.2, 0.25) is 10.0 Å². The molecule has 0 amide bonds. The fourth-order valence-corrected chi connectivity index (χ4v) is 1.61. The van der Waals surface area contributed by atoms with Crippen LogP contribution in [-0.2, 0) is 19.9 Å². The summed E-state index contributed by atoms with van der Waals surface area (Å²) in [6.07, 6.45) is 0.870. The van der Waals surface area contributed by atoms with E-state index < -0.39 is 19.9 Å². The average molecular weight is 215 g/mol. The fraction of sp³-hybridized carbons (Fsp3) is 0.600. The Balaban J connectivity index is 0. The van der Waals surface area contributed by atoms with Crippen molar-refractivity contribution in [2.45, 2.75) is 13.8 Å². The lowest BCUT2D eigenvalue weighted by molar-refractivity contribution is 0.603. The molecule has 0 unspecified atom stereocenters. The molecule has 0 aliphatic heterocycles. The van der Waals surface area contributed by atoms with E-state index in [1.54, 1.807) is 0 Å². The molecule has 0 atom stereocenters. The molecule has 0 bridgehead atoms. The minimum atomic E-state index is -3.82. The molecule has 0 heterocycles. The number of nitrogens with two attached hydrogens (primary N) is 1. The van der Waals surface area contributed by atoms with E-state index in [1.165, 1.54) is 0 Å². The summed E-state index contributed by atoms with van der Waals surface area (Å²) in [6.45, 7) is 4.00. The highest BCUT2D eigenvalue weighted by molar-refractivity contribution is 7.96. The highest BCUT2D eigenvalue weighted by Crippen LogP contribution is 1.87. The van der Waals surface area contributed by atoms with Gasteiger partial charge in [0.15, 0.2) is 9.84 Å². The topological polar surface area (TPSA) is 94.3 Å². The number of hydrogen-bond donors (Lipinski definition) is 1. The second-order valence-corrected chi connectivity index (χ2v) is 5.07. The lowest BCUT2D eigenvalue weighted by atomic mass is 11.0. The first-order chi connectivity index (χ1) is 5.21. The van der Waals surface area contributed by atoms with Gasteiger partial charge < -0.3 is 0 Å². The first kappa shape index (κ1) is 14.1. The van der Waals surface area contributed by atoms with Crippen molar-refractivity contribution in [3.63, 3.8) is 0 Å². The monoisotopic (exact) mass is 215 g/mol. The van der Waals surface area contributed by atoms with Crippen LogP contribution in [0.1, 0.15) is 13.8 Å². The first-order valence-electron chi connectivity index (χ1n) is 3.12. The molecule has 0 saturated carbocycles. The van der Waals surface area contributed by atoms with Gasteiger partial charge in [0, 0.05) is 11.7 Å². The molecule has 0 rings (SSSR count). The van der Waals surface area contributed by atoms with Gasteiger partial charge >= 0.3 is 0 Å². The Labute approximate surface area is 73.2 Å². The summed E-state index contributed by atoms with van der Waals surface area (Å²) in [4.78, 5) is 0. The minimum Gasteiger partial charge on any atom is -0.225 e. The molecule has 0 saturated heterocycles. The van der Waals surface area contributed by atoms with E-state index in [0.717, 1.165) is 6.26 Å². The van der Waals surface area contributed by atoms with E-state index in [-0.39, 0.29) is 0 Å². The Kier molecular flexibility index (Phi) is 6.22. The van der Waals surface area contributed by atoms with Crippen LogP contribution in [0.2, 0.25) is 0 Å². The predicted molar refractivity (Wildman–Crippen MR) is 48.4 cm³/mol. The van der Waals surface area contributed by atoms with Gasteiger partial charge in [-0.25, -0.2) is 22.0 Å². The van der Waals surface area contributed by atoms with Crippen LogP contribution in [0.15, 0.2) is 10.8 Å². The minimum absolute atomic E-state index is 0.433. The molecule has 0 fully saturated rings. The summed E-state index contributed by atoms with van der Waals surface area (Å²) in [7, 11) is -7.21.